The van der Waals surface area contributed by atoms with Crippen molar-refractivity contribution < 1.29 is 14.3 Å². The Kier molecular flexibility index (Phi) is 5.78. The molecule has 0 aliphatic rings. The molecule has 110 valence electrons. The van der Waals surface area contributed by atoms with Gasteiger partial charge in [-0.1, -0.05) is 18.2 Å². The van der Waals surface area contributed by atoms with Gasteiger partial charge in [0.25, 0.3) is 5.91 Å². The van der Waals surface area contributed by atoms with Gasteiger partial charge in [-0.2, -0.15) is 0 Å². The van der Waals surface area contributed by atoms with Crippen LogP contribution >= 0.6 is 15.9 Å². The van der Waals surface area contributed by atoms with Crippen LogP contribution in [0.2, 0.25) is 0 Å². The molecule has 0 radical (unpaired) electrons. The van der Waals surface area contributed by atoms with E-state index in [1.165, 1.54) is 0 Å². The fourth-order valence-corrected chi connectivity index (χ4v) is 2.21. The Labute approximate surface area is 132 Å². The number of amides is 1. The summed E-state index contributed by atoms with van der Waals surface area (Å²) in [5, 5.41) is 2.84. The zero-order chi connectivity index (χ0) is 15.1. The molecule has 0 spiro atoms. The van der Waals surface area contributed by atoms with Crippen molar-refractivity contribution in [3.63, 3.8) is 0 Å². The zero-order valence-corrected chi connectivity index (χ0v) is 13.2. The Morgan fingerprint density at radius 3 is 2.57 bits per heavy atom. The molecule has 1 amide bonds. The molecule has 5 heteroatoms. The van der Waals surface area contributed by atoms with E-state index in [9.17, 15) is 4.79 Å². The van der Waals surface area contributed by atoms with E-state index in [0.29, 0.717) is 24.5 Å². The quantitative estimate of drug-likeness (QED) is 0.808. The monoisotopic (exact) mass is 349 g/mol. The van der Waals surface area contributed by atoms with E-state index in [1.807, 2.05) is 30.3 Å². The maximum Gasteiger partial charge on any atom is 0.255 e. The Bertz CT molecular complexity index is 602. The van der Waals surface area contributed by atoms with Crippen molar-refractivity contribution in [1.82, 2.24) is 0 Å². The van der Waals surface area contributed by atoms with Crippen LogP contribution in [0.15, 0.2) is 53.0 Å². The third-order valence-corrected chi connectivity index (χ3v) is 3.39. The normalized spacial score (nSPS) is 10.2. The SMILES string of the molecule is COCCOc1ccc(C(=O)Nc2ccccc2)cc1Br. The molecule has 0 saturated carbocycles. The topological polar surface area (TPSA) is 47.6 Å². The predicted octanol–water partition coefficient (Wildman–Crippen LogP) is 3.73. The van der Waals surface area contributed by atoms with E-state index in [-0.39, 0.29) is 5.91 Å². The van der Waals surface area contributed by atoms with Gasteiger partial charge in [0.05, 0.1) is 11.1 Å². The highest BCUT2D eigenvalue weighted by molar-refractivity contribution is 9.10. The number of methoxy groups -OCH3 is 1. The first kappa shape index (κ1) is 15.5. The van der Waals surface area contributed by atoms with E-state index in [2.05, 4.69) is 21.2 Å². The van der Waals surface area contributed by atoms with Crippen LogP contribution in [0.3, 0.4) is 0 Å². The molecule has 2 rings (SSSR count). The van der Waals surface area contributed by atoms with Crippen LogP contribution in [-0.4, -0.2) is 26.2 Å². The molecule has 0 bridgehead atoms. The first-order valence-corrected chi connectivity index (χ1v) is 7.27. The van der Waals surface area contributed by atoms with Crippen molar-refractivity contribution in [2.75, 3.05) is 25.6 Å². The lowest BCUT2D eigenvalue weighted by Gasteiger charge is -2.10. The standard InChI is InChI=1S/C16H16BrNO3/c1-20-9-10-21-15-8-7-12(11-14(15)17)16(19)18-13-5-3-2-4-6-13/h2-8,11H,9-10H2,1H3,(H,18,19). The molecule has 21 heavy (non-hydrogen) atoms. The van der Waals surface area contributed by atoms with Gasteiger partial charge in [0.2, 0.25) is 0 Å². The van der Waals surface area contributed by atoms with E-state index in [4.69, 9.17) is 9.47 Å². The molecule has 0 heterocycles. The Hall–Kier alpha value is -1.85. The van der Waals surface area contributed by atoms with Crippen LogP contribution in [0.4, 0.5) is 5.69 Å². The van der Waals surface area contributed by atoms with Gasteiger partial charge in [-0.25, -0.2) is 0 Å². The zero-order valence-electron chi connectivity index (χ0n) is 11.6. The molecule has 0 unspecified atom stereocenters. The number of carbonyl (C=O) groups is 1. The molecule has 0 saturated heterocycles. The summed E-state index contributed by atoms with van der Waals surface area (Å²) >= 11 is 3.41. The summed E-state index contributed by atoms with van der Waals surface area (Å²) in [7, 11) is 1.62. The smallest absolute Gasteiger partial charge is 0.255 e. The summed E-state index contributed by atoms with van der Waals surface area (Å²) in [6.45, 7) is 0.980. The van der Waals surface area contributed by atoms with Gasteiger partial charge in [-0.05, 0) is 46.3 Å². The molecule has 0 atom stereocenters. The van der Waals surface area contributed by atoms with Gasteiger partial charge in [-0.3, -0.25) is 4.79 Å². The van der Waals surface area contributed by atoms with Crippen molar-refractivity contribution >= 4 is 27.5 Å². The fourth-order valence-electron chi connectivity index (χ4n) is 1.72. The van der Waals surface area contributed by atoms with Gasteiger partial charge >= 0.3 is 0 Å². The summed E-state index contributed by atoms with van der Waals surface area (Å²) in [6.07, 6.45) is 0. The van der Waals surface area contributed by atoms with Crippen LogP contribution in [0.25, 0.3) is 0 Å². The maximum atomic E-state index is 12.1. The van der Waals surface area contributed by atoms with Crippen LogP contribution in [-0.2, 0) is 4.74 Å². The number of anilines is 1. The number of hydrogen-bond acceptors (Lipinski definition) is 3. The average Bonchev–Trinajstić information content (AvgIpc) is 2.50. The summed E-state index contributed by atoms with van der Waals surface area (Å²) < 4.78 is 11.2. The minimum atomic E-state index is -0.162. The number of halogens is 1. The minimum Gasteiger partial charge on any atom is -0.490 e. The molecule has 4 nitrogen and oxygen atoms in total. The summed E-state index contributed by atoms with van der Waals surface area (Å²) in [6, 6.07) is 14.6. The van der Waals surface area contributed by atoms with Crippen LogP contribution < -0.4 is 10.1 Å². The molecule has 2 aromatic carbocycles. The van der Waals surface area contributed by atoms with Gasteiger partial charge in [0.15, 0.2) is 0 Å². The number of nitrogens with one attached hydrogen (secondary N) is 1. The van der Waals surface area contributed by atoms with Crippen molar-refractivity contribution in [3.05, 3.63) is 58.6 Å². The summed E-state index contributed by atoms with van der Waals surface area (Å²) in [4.78, 5) is 12.1. The lowest BCUT2D eigenvalue weighted by molar-refractivity contribution is 0.102. The molecular formula is C16H16BrNO3. The molecule has 0 aliphatic heterocycles. The Morgan fingerprint density at radius 1 is 1.14 bits per heavy atom. The lowest BCUT2D eigenvalue weighted by atomic mass is 10.2. The van der Waals surface area contributed by atoms with Crippen LogP contribution in [0, 0.1) is 0 Å². The second-order valence-electron chi connectivity index (χ2n) is 4.31. The Morgan fingerprint density at radius 2 is 1.90 bits per heavy atom. The van der Waals surface area contributed by atoms with Crippen LogP contribution in [0.5, 0.6) is 5.75 Å². The number of benzene rings is 2. The van der Waals surface area contributed by atoms with Crippen LogP contribution in [0.1, 0.15) is 10.4 Å². The molecule has 0 aromatic heterocycles. The van der Waals surface area contributed by atoms with E-state index < -0.39 is 0 Å². The molecule has 0 aliphatic carbocycles. The van der Waals surface area contributed by atoms with E-state index in [0.717, 1.165) is 10.2 Å². The second kappa shape index (κ2) is 7.81. The van der Waals surface area contributed by atoms with Crippen molar-refractivity contribution in [2.45, 2.75) is 0 Å². The number of ether oxygens (including phenoxy) is 2. The highest BCUT2D eigenvalue weighted by Crippen LogP contribution is 2.26. The largest absolute Gasteiger partial charge is 0.490 e. The highest BCUT2D eigenvalue weighted by atomic mass is 79.9. The molecule has 1 N–H and O–H groups in total. The number of rotatable bonds is 6. The van der Waals surface area contributed by atoms with Gasteiger partial charge < -0.3 is 14.8 Å². The highest BCUT2D eigenvalue weighted by Gasteiger charge is 2.09. The van der Waals surface area contributed by atoms with E-state index >= 15 is 0 Å². The fraction of sp³-hybridized carbons (Fsp3) is 0.188. The van der Waals surface area contributed by atoms with Crippen molar-refractivity contribution in [1.29, 1.82) is 0 Å². The minimum absolute atomic E-state index is 0.162. The first-order chi connectivity index (χ1) is 10.2. The maximum absolute atomic E-state index is 12.1. The number of carbonyl (C=O) groups excluding carboxylic acids is 1. The van der Waals surface area contributed by atoms with Gasteiger partial charge in [0, 0.05) is 18.4 Å². The Balaban J connectivity index is 2.03. The summed E-state index contributed by atoms with van der Waals surface area (Å²) in [5.74, 6) is 0.522. The predicted molar refractivity (Wildman–Crippen MR) is 85.9 cm³/mol. The average molecular weight is 350 g/mol. The number of hydrogen-bond donors (Lipinski definition) is 1. The third kappa shape index (κ3) is 4.58. The van der Waals surface area contributed by atoms with E-state index in [1.54, 1.807) is 25.3 Å². The van der Waals surface area contributed by atoms with Crippen molar-refractivity contribution in [3.8, 4) is 5.75 Å². The third-order valence-electron chi connectivity index (χ3n) is 2.77. The molecule has 2 aromatic rings. The summed E-state index contributed by atoms with van der Waals surface area (Å²) in [5.41, 5.74) is 1.32. The lowest BCUT2D eigenvalue weighted by Crippen LogP contribution is -2.12. The second-order valence-corrected chi connectivity index (χ2v) is 5.16. The molecular weight excluding hydrogens is 334 g/mol. The van der Waals surface area contributed by atoms with Gasteiger partial charge in [-0.15, -0.1) is 0 Å². The number of para-hydroxylation sites is 1. The molecule has 0 fully saturated rings. The van der Waals surface area contributed by atoms with Gasteiger partial charge in [0.1, 0.15) is 12.4 Å². The van der Waals surface area contributed by atoms with Crippen molar-refractivity contribution in [2.24, 2.45) is 0 Å². The first-order valence-electron chi connectivity index (χ1n) is 6.48.